The molecule has 0 spiro atoms. The maximum atomic E-state index is 12.3. The Morgan fingerprint density at radius 2 is 1.72 bits per heavy atom. The third kappa shape index (κ3) is 6.77. The fourth-order valence-corrected chi connectivity index (χ4v) is 3.48. The monoisotopic (exact) mass is 345 g/mol. The van der Waals surface area contributed by atoms with Crippen molar-refractivity contribution in [2.45, 2.75) is 64.5 Å². The molecule has 0 aliphatic heterocycles. The summed E-state index contributed by atoms with van der Waals surface area (Å²) < 4.78 is 0. The number of amides is 3. The van der Waals surface area contributed by atoms with Crippen LogP contribution in [0, 0.1) is 5.92 Å². The topological polar surface area (TPSA) is 70.2 Å². The van der Waals surface area contributed by atoms with Gasteiger partial charge in [-0.3, -0.25) is 4.79 Å². The highest BCUT2D eigenvalue weighted by Gasteiger charge is 2.26. The molecular formula is C20H31N3O2. The second kappa shape index (κ2) is 10.1. The maximum absolute atomic E-state index is 12.3. The van der Waals surface area contributed by atoms with Gasteiger partial charge in [-0.15, -0.1) is 0 Å². The summed E-state index contributed by atoms with van der Waals surface area (Å²) >= 11 is 0. The van der Waals surface area contributed by atoms with Crippen molar-refractivity contribution < 1.29 is 9.59 Å². The Morgan fingerprint density at radius 1 is 1.04 bits per heavy atom. The first kappa shape index (κ1) is 19.3. The van der Waals surface area contributed by atoms with Crippen LogP contribution in [0.1, 0.15) is 64.0 Å². The molecule has 3 amide bonds. The van der Waals surface area contributed by atoms with E-state index < -0.39 is 0 Å². The number of hydrogen-bond acceptors (Lipinski definition) is 2. The number of hydrogen-bond donors (Lipinski definition) is 3. The van der Waals surface area contributed by atoms with Crippen molar-refractivity contribution in [3.63, 3.8) is 0 Å². The molecule has 3 N–H and O–H groups in total. The summed E-state index contributed by atoms with van der Waals surface area (Å²) in [4.78, 5) is 24.0. The third-order valence-electron chi connectivity index (χ3n) is 4.65. The molecule has 0 heterocycles. The first-order chi connectivity index (χ1) is 12.1. The average Bonchev–Trinajstić information content (AvgIpc) is 2.60. The number of benzene rings is 1. The summed E-state index contributed by atoms with van der Waals surface area (Å²) in [6.07, 6.45) is 6.34. The summed E-state index contributed by atoms with van der Waals surface area (Å²) in [6.45, 7) is 4.19. The molecule has 1 atom stereocenters. The second-order valence-electron chi connectivity index (χ2n) is 7.16. The summed E-state index contributed by atoms with van der Waals surface area (Å²) in [5.74, 6) is 0.438. The molecule has 1 aliphatic carbocycles. The molecule has 0 radical (unpaired) electrons. The fourth-order valence-electron chi connectivity index (χ4n) is 3.48. The molecule has 1 unspecified atom stereocenters. The molecule has 5 nitrogen and oxygen atoms in total. The van der Waals surface area contributed by atoms with Gasteiger partial charge in [0.05, 0.1) is 6.04 Å². The van der Waals surface area contributed by atoms with E-state index in [0.29, 0.717) is 18.9 Å². The van der Waals surface area contributed by atoms with Gasteiger partial charge >= 0.3 is 6.03 Å². The van der Waals surface area contributed by atoms with Crippen molar-refractivity contribution in [3.8, 4) is 0 Å². The normalized spacial score (nSPS) is 16.3. The molecule has 25 heavy (non-hydrogen) atoms. The zero-order valence-electron chi connectivity index (χ0n) is 15.4. The Balaban J connectivity index is 1.88. The van der Waals surface area contributed by atoms with Crippen LogP contribution in [-0.2, 0) is 4.79 Å². The van der Waals surface area contributed by atoms with Gasteiger partial charge in [0.25, 0.3) is 0 Å². The van der Waals surface area contributed by atoms with Crippen LogP contribution in [-0.4, -0.2) is 24.5 Å². The number of urea groups is 1. The molecule has 1 aromatic carbocycles. The lowest BCUT2D eigenvalue weighted by Crippen LogP contribution is -2.42. The lowest BCUT2D eigenvalue weighted by molar-refractivity contribution is -0.121. The molecule has 5 heteroatoms. The average molecular weight is 345 g/mol. The second-order valence-corrected chi connectivity index (χ2v) is 7.16. The zero-order valence-corrected chi connectivity index (χ0v) is 15.4. The van der Waals surface area contributed by atoms with Gasteiger partial charge in [0, 0.05) is 19.0 Å². The van der Waals surface area contributed by atoms with Crippen molar-refractivity contribution in [2.24, 2.45) is 5.92 Å². The van der Waals surface area contributed by atoms with E-state index in [4.69, 9.17) is 0 Å². The van der Waals surface area contributed by atoms with Crippen LogP contribution in [0.2, 0.25) is 0 Å². The number of carbonyl (C=O) groups excluding carboxylic acids is 2. The Kier molecular flexibility index (Phi) is 7.76. The molecule has 1 aromatic rings. The molecule has 0 aromatic heterocycles. The Bertz CT molecular complexity index is 539. The fraction of sp³-hybridized carbons (Fsp3) is 0.600. The van der Waals surface area contributed by atoms with E-state index in [2.05, 4.69) is 28.1 Å². The predicted molar refractivity (Wildman–Crippen MR) is 100 cm³/mol. The molecule has 2 rings (SSSR count). The molecule has 138 valence electrons. The van der Waals surface area contributed by atoms with E-state index in [-0.39, 0.29) is 24.0 Å². The zero-order chi connectivity index (χ0) is 18.1. The molecule has 1 aliphatic rings. The quantitative estimate of drug-likeness (QED) is 0.707. The first-order valence-corrected chi connectivity index (χ1v) is 9.45. The molecule has 1 fully saturated rings. The first-order valence-electron chi connectivity index (χ1n) is 9.45. The van der Waals surface area contributed by atoms with Crippen LogP contribution in [0.5, 0.6) is 0 Å². The van der Waals surface area contributed by atoms with E-state index in [1.807, 2.05) is 32.0 Å². The lowest BCUT2D eigenvalue weighted by Gasteiger charge is -2.31. The smallest absolute Gasteiger partial charge is 0.315 e. The van der Waals surface area contributed by atoms with Crippen LogP contribution in [0.15, 0.2) is 30.3 Å². The summed E-state index contributed by atoms with van der Waals surface area (Å²) in [6, 6.07) is 10.1. The molecule has 0 saturated heterocycles. The van der Waals surface area contributed by atoms with Gasteiger partial charge in [0.15, 0.2) is 0 Å². The van der Waals surface area contributed by atoms with E-state index in [0.717, 1.165) is 18.4 Å². The van der Waals surface area contributed by atoms with Crippen molar-refractivity contribution >= 4 is 11.9 Å². The number of carbonyl (C=O) groups is 2. The van der Waals surface area contributed by atoms with Gasteiger partial charge in [0.2, 0.25) is 5.91 Å². The maximum Gasteiger partial charge on any atom is 0.315 e. The summed E-state index contributed by atoms with van der Waals surface area (Å²) in [7, 11) is 0. The van der Waals surface area contributed by atoms with Crippen LogP contribution in [0.4, 0.5) is 4.79 Å². The largest absolute Gasteiger partial charge is 0.354 e. The Hall–Kier alpha value is -2.04. The Morgan fingerprint density at radius 3 is 2.36 bits per heavy atom. The molecule has 1 saturated carbocycles. The van der Waals surface area contributed by atoms with Gasteiger partial charge in [-0.1, -0.05) is 49.6 Å². The number of rotatable bonds is 7. The van der Waals surface area contributed by atoms with Crippen molar-refractivity contribution in [3.05, 3.63) is 35.9 Å². The van der Waals surface area contributed by atoms with Crippen molar-refractivity contribution in [1.82, 2.24) is 16.0 Å². The minimum Gasteiger partial charge on any atom is -0.354 e. The van der Waals surface area contributed by atoms with E-state index >= 15 is 0 Å². The third-order valence-corrected chi connectivity index (χ3v) is 4.65. The summed E-state index contributed by atoms with van der Waals surface area (Å²) in [5, 5.41) is 8.78. The van der Waals surface area contributed by atoms with Gasteiger partial charge < -0.3 is 16.0 Å². The van der Waals surface area contributed by atoms with E-state index in [9.17, 15) is 9.59 Å². The molecule has 0 bridgehead atoms. The van der Waals surface area contributed by atoms with Crippen LogP contribution in [0.25, 0.3) is 0 Å². The highest BCUT2D eigenvalue weighted by atomic mass is 16.2. The molecular weight excluding hydrogens is 314 g/mol. The van der Waals surface area contributed by atoms with Crippen molar-refractivity contribution in [2.75, 3.05) is 6.54 Å². The minimum absolute atomic E-state index is 0.0333. The van der Waals surface area contributed by atoms with Crippen LogP contribution >= 0.6 is 0 Å². The van der Waals surface area contributed by atoms with Gasteiger partial charge in [0.1, 0.15) is 0 Å². The minimum atomic E-state index is -0.197. The van der Waals surface area contributed by atoms with Gasteiger partial charge in [-0.05, 0) is 38.2 Å². The van der Waals surface area contributed by atoms with E-state index in [1.54, 1.807) is 0 Å². The number of nitrogens with one attached hydrogen (secondary N) is 3. The SMILES string of the molecule is CC(C)NC(=O)CCNC(=O)NC(c1ccccc1)C1CCCCC1. The summed E-state index contributed by atoms with van der Waals surface area (Å²) in [5.41, 5.74) is 1.15. The van der Waals surface area contributed by atoms with Gasteiger partial charge in [-0.2, -0.15) is 0 Å². The van der Waals surface area contributed by atoms with Crippen LogP contribution in [0.3, 0.4) is 0 Å². The van der Waals surface area contributed by atoms with E-state index in [1.165, 1.54) is 19.3 Å². The highest BCUT2D eigenvalue weighted by molar-refractivity contribution is 5.78. The lowest BCUT2D eigenvalue weighted by atomic mass is 9.81. The Labute approximate surface area is 151 Å². The van der Waals surface area contributed by atoms with Crippen LogP contribution < -0.4 is 16.0 Å². The standard InChI is InChI=1S/C20H31N3O2/c1-15(2)22-18(24)13-14-21-20(25)23-19(16-9-5-3-6-10-16)17-11-7-4-8-12-17/h3,5-6,9-10,15,17,19H,4,7-8,11-14H2,1-2H3,(H,22,24)(H2,21,23,25). The predicted octanol–water partition coefficient (Wildman–Crippen LogP) is 3.52. The van der Waals surface area contributed by atoms with Gasteiger partial charge in [-0.25, -0.2) is 4.79 Å². The van der Waals surface area contributed by atoms with Crippen molar-refractivity contribution in [1.29, 1.82) is 0 Å². The highest BCUT2D eigenvalue weighted by Crippen LogP contribution is 2.34.